The van der Waals surface area contributed by atoms with Crippen molar-refractivity contribution in [3.8, 4) is 5.75 Å². The molecule has 0 saturated carbocycles. The standard InChI is InChI=1S/C19H22N2O5S/c1-25-17-8-7-14(19(22)26-2)11-18(17)27(23,24)21-12-16-15-6-4-3-5-13(15)9-10-20-16/h3-8,11,16,20-21H,9-10,12H2,1-2H3. The van der Waals surface area contributed by atoms with Crippen LogP contribution in [0.3, 0.4) is 0 Å². The van der Waals surface area contributed by atoms with Gasteiger partial charge in [-0.25, -0.2) is 17.9 Å². The molecule has 1 aliphatic heterocycles. The molecule has 2 N–H and O–H groups in total. The smallest absolute Gasteiger partial charge is 0.337 e. The molecule has 0 aromatic heterocycles. The summed E-state index contributed by atoms with van der Waals surface area (Å²) in [6.45, 7) is 0.968. The van der Waals surface area contributed by atoms with Gasteiger partial charge in [0.25, 0.3) is 0 Å². The van der Waals surface area contributed by atoms with E-state index in [-0.39, 0.29) is 28.8 Å². The quantitative estimate of drug-likeness (QED) is 0.729. The van der Waals surface area contributed by atoms with E-state index >= 15 is 0 Å². The molecule has 0 amide bonds. The van der Waals surface area contributed by atoms with Gasteiger partial charge in [0.1, 0.15) is 10.6 Å². The number of carbonyl (C=O) groups is 1. The molecule has 1 atom stereocenters. The van der Waals surface area contributed by atoms with Crippen LogP contribution in [-0.4, -0.2) is 41.7 Å². The number of methoxy groups -OCH3 is 2. The van der Waals surface area contributed by atoms with Crippen molar-refractivity contribution in [1.29, 1.82) is 0 Å². The maximum atomic E-state index is 12.9. The Kier molecular flexibility index (Phi) is 5.79. The molecular formula is C19H22N2O5S. The first-order valence-electron chi connectivity index (χ1n) is 8.53. The number of rotatable bonds is 6. The van der Waals surface area contributed by atoms with E-state index in [2.05, 4.69) is 20.8 Å². The lowest BCUT2D eigenvalue weighted by atomic mass is 9.95. The number of nitrogens with one attached hydrogen (secondary N) is 2. The number of esters is 1. The van der Waals surface area contributed by atoms with Gasteiger partial charge in [0.15, 0.2) is 0 Å². The Morgan fingerprint density at radius 3 is 2.74 bits per heavy atom. The maximum absolute atomic E-state index is 12.9. The first-order valence-corrected chi connectivity index (χ1v) is 10.0. The number of sulfonamides is 1. The zero-order valence-electron chi connectivity index (χ0n) is 15.2. The van der Waals surface area contributed by atoms with Gasteiger partial charge in [-0.05, 0) is 42.3 Å². The van der Waals surface area contributed by atoms with Crippen LogP contribution in [0.5, 0.6) is 5.75 Å². The Hall–Kier alpha value is -2.42. The third-order valence-corrected chi connectivity index (χ3v) is 6.01. The van der Waals surface area contributed by atoms with Gasteiger partial charge < -0.3 is 14.8 Å². The van der Waals surface area contributed by atoms with Crippen molar-refractivity contribution in [2.24, 2.45) is 0 Å². The van der Waals surface area contributed by atoms with Gasteiger partial charge in [0.05, 0.1) is 19.8 Å². The Morgan fingerprint density at radius 1 is 1.22 bits per heavy atom. The third-order valence-electron chi connectivity index (χ3n) is 4.57. The second kappa shape index (κ2) is 8.08. The fraction of sp³-hybridized carbons (Fsp3) is 0.316. The largest absolute Gasteiger partial charge is 0.495 e. The average molecular weight is 390 g/mol. The van der Waals surface area contributed by atoms with E-state index < -0.39 is 16.0 Å². The summed E-state index contributed by atoms with van der Waals surface area (Å²) >= 11 is 0. The maximum Gasteiger partial charge on any atom is 0.337 e. The molecule has 2 aromatic rings. The van der Waals surface area contributed by atoms with Gasteiger partial charge in [0.2, 0.25) is 10.0 Å². The minimum atomic E-state index is -3.89. The van der Waals surface area contributed by atoms with Crippen molar-refractivity contribution in [3.63, 3.8) is 0 Å². The Labute approximate surface area is 158 Å². The van der Waals surface area contributed by atoms with Crippen LogP contribution >= 0.6 is 0 Å². The number of hydrogen-bond donors (Lipinski definition) is 2. The molecule has 144 valence electrons. The lowest BCUT2D eigenvalue weighted by molar-refractivity contribution is 0.0600. The highest BCUT2D eigenvalue weighted by molar-refractivity contribution is 7.89. The van der Waals surface area contributed by atoms with E-state index in [1.807, 2.05) is 18.2 Å². The molecule has 7 nitrogen and oxygen atoms in total. The van der Waals surface area contributed by atoms with Crippen molar-refractivity contribution in [1.82, 2.24) is 10.0 Å². The predicted octanol–water partition coefficient (Wildman–Crippen LogP) is 1.65. The second-order valence-electron chi connectivity index (χ2n) is 6.16. The molecule has 0 saturated heterocycles. The average Bonchev–Trinajstić information content (AvgIpc) is 2.71. The topological polar surface area (TPSA) is 93.7 Å². The lowest BCUT2D eigenvalue weighted by Gasteiger charge is -2.27. The summed E-state index contributed by atoms with van der Waals surface area (Å²) < 4.78 is 38.2. The molecule has 1 unspecified atom stereocenters. The summed E-state index contributed by atoms with van der Waals surface area (Å²) in [6, 6.07) is 12.0. The van der Waals surface area contributed by atoms with Crippen LogP contribution in [-0.2, 0) is 21.2 Å². The summed E-state index contributed by atoms with van der Waals surface area (Å²) in [6.07, 6.45) is 0.911. The summed E-state index contributed by atoms with van der Waals surface area (Å²) in [5.41, 5.74) is 2.44. The summed E-state index contributed by atoms with van der Waals surface area (Å²) in [5.74, 6) is -0.455. The lowest BCUT2D eigenvalue weighted by Crippen LogP contribution is -2.38. The van der Waals surface area contributed by atoms with Gasteiger partial charge in [-0.15, -0.1) is 0 Å². The first kappa shape index (κ1) is 19.3. The van der Waals surface area contributed by atoms with Crippen LogP contribution in [0.4, 0.5) is 0 Å². The molecule has 2 aromatic carbocycles. The predicted molar refractivity (Wildman–Crippen MR) is 100 cm³/mol. The van der Waals surface area contributed by atoms with Crippen LogP contribution in [0, 0.1) is 0 Å². The number of ether oxygens (including phenoxy) is 2. The molecule has 0 radical (unpaired) electrons. The first-order chi connectivity index (χ1) is 13.0. The Bertz CT molecular complexity index is 943. The highest BCUT2D eigenvalue weighted by Crippen LogP contribution is 2.26. The number of benzene rings is 2. The van der Waals surface area contributed by atoms with Crippen molar-refractivity contribution in [3.05, 3.63) is 59.2 Å². The molecule has 0 spiro atoms. The van der Waals surface area contributed by atoms with E-state index in [1.54, 1.807) is 0 Å². The van der Waals surface area contributed by atoms with Gasteiger partial charge in [-0.1, -0.05) is 24.3 Å². The van der Waals surface area contributed by atoms with Gasteiger partial charge in [-0.3, -0.25) is 0 Å². The van der Waals surface area contributed by atoms with Crippen molar-refractivity contribution < 1.29 is 22.7 Å². The molecule has 0 bridgehead atoms. The van der Waals surface area contributed by atoms with E-state index in [0.29, 0.717) is 0 Å². The molecule has 0 fully saturated rings. The zero-order valence-corrected chi connectivity index (χ0v) is 16.0. The van der Waals surface area contributed by atoms with E-state index in [4.69, 9.17) is 4.74 Å². The molecule has 1 heterocycles. The van der Waals surface area contributed by atoms with E-state index in [0.717, 1.165) is 18.5 Å². The second-order valence-corrected chi connectivity index (χ2v) is 7.90. The number of hydrogen-bond acceptors (Lipinski definition) is 6. The van der Waals surface area contributed by atoms with Crippen LogP contribution in [0.15, 0.2) is 47.4 Å². The van der Waals surface area contributed by atoms with E-state index in [9.17, 15) is 13.2 Å². The van der Waals surface area contributed by atoms with Crippen molar-refractivity contribution in [2.45, 2.75) is 17.4 Å². The van der Waals surface area contributed by atoms with Gasteiger partial charge >= 0.3 is 5.97 Å². The van der Waals surface area contributed by atoms with Crippen LogP contribution in [0.1, 0.15) is 27.5 Å². The SMILES string of the molecule is COC(=O)c1ccc(OC)c(S(=O)(=O)NCC2NCCc3ccccc32)c1. The van der Waals surface area contributed by atoms with Crippen LogP contribution in [0.2, 0.25) is 0 Å². The molecule has 3 rings (SSSR count). The summed E-state index contributed by atoms with van der Waals surface area (Å²) in [5, 5.41) is 3.33. The number of fused-ring (bicyclic) bond motifs is 1. The number of carbonyl (C=O) groups excluding carboxylic acids is 1. The van der Waals surface area contributed by atoms with Gasteiger partial charge in [-0.2, -0.15) is 0 Å². The Balaban J connectivity index is 1.84. The zero-order chi connectivity index (χ0) is 19.4. The Morgan fingerprint density at radius 2 is 2.00 bits per heavy atom. The minimum Gasteiger partial charge on any atom is -0.495 e. The minimum absolute atomic E-state index is 0.100. The van der Waals surface area contributed by atoms with E-state index in [1.165, 1.54) is 38.0 Å². The van der Waals surface area contributed by atoms with Crippen molar-refractivity contribution in [2.75, 3.05) is 27.3 Å². The molecule has 1 aliphatic rings. The molecular weight excluding hydrogens is 368 g/mol. The molecule has 0 aliphatic carbocycles. The summed E-state index contributed by atoms with van der Waals surface area (Å²) in [4.78, 5) is 11.6. The monoisotopic (exact) mass is 390 g/mol. The summed E-state index contributed by atoms with van der Waals surface area (Å²) in [7, 11) is -1.27. The highest BCUT2D eigenvalue weighted by atomic mass is 32.2. The van der Waals surface area contributed by atoms with Gasteiger partial charge in [0, 0.05) is 12.6 Å². The highest BCUT2D eigenvalue weighted by Gasteiger charge is 2.25. The molecule has 8 heteroatoms. The fourth-order valence-corrected chi connectivity index (χ4v) is 4.42. The van der Waals surface area contributed by atoms with Crippen LogP contribution < -0.4 is 14.8 Å². The third kappa shape index (κ3) is 4.13. The normalized spacial score (nSPS) is 16.4. The van der Waals surface area contributed by atoms with Crippen molar-refractivity contribution >= 4 is 16.0 Å². The fourth-order valence-electron chi connectivity index (χ4n) is 3.18. The molecule has 27 heavy (non-hydrogen) atoms. The van der Waals surface area contributed by atoms with Crippen LogP contribution in [0.25, 0.3) is 0 Å².